The molecule has 0 N–H and O–H groups in total. The van der Waals surface area contributed by atoms with Crippen molar-refractivity contribution in [3.05, 3.63) is 168 Å². The Morgan fingerprint density at radius 2 is 1.17 bits per heavy atom. The largest absolute Gasteiger partial charge is 0.310 e. The van der Waals surface area contributed by atoms with Crippen LogP contribution < -0.4 is 4.90 Å². The molecule has 7 aliphatic carbocycles. The summed E-state index contributed by atoms with van der Waals surface area (Å²) in [5.41, 5.74) is 17.1. The molecule has 1 unspecified atom stereocenters. The van der Waals surface area contributed by atoms with E-state index >= 15 is 0 Å². The predicted octanol–water partition coefficient (Wildman–Crippen LogP) is 13.9. The van der Waals surface area contributed by atoms with E-state index in [0.717, 1.165) is 30.1 Å². The Morgan fingerprint density at radius 1 is 0.537 bits per heavy atom. The van der Waals surface area contributed by atoms with Crippen LogP contribution in [0.15, 0.2) is 146 Å². The van der Waals surface area contributed by atoms with Crippen molar-refractivity contribution in [3.8, 4) is 22.3 Å². The molecule has 13 rings (SSSR count). The molecule has 0 radical (unpaired) electrons. The van der Waals surface area contributed by atoms with Gasteiger partial charge in [0.15, 0.2) is 0 Å². The predicted molar refractivity (Wildman–Crippen MR) is 226 cm³/mol. The van der Waals surface area contributed by atoms with Crippen LogP contribution in [0.3, 0.4) is 0 Å². The van der Waals surface area contributed by atoms with Crippen LogP contribution in [0.2, 0.25) is 0 Å². The first-order chi connectivity index (χ1) is 26.5. The highest BCUT2D eigenvalue weighted by Gasteiger charge is 2.61. The van der Waals surface area contributed by atoms with Gasteiger partial charge in [-0.1, -0.05) is 123 Å². The molecule has 0 aliphatic heterocycles. The van der Waals surface area contributed by atoms with Crippen LogP contribution in [-0.4, -0.2) is 0 Å². The highest BCUT2D eigenvalue weighted by atomic mass is 15.1. The van der Waals surface area contributed by atoms with Crippen LogP contribution in [0.25, 0.3) is 38.6 Å². The standard InChI is InChI=1S/C53H47N/c1-52(2)48-16-7-5-13-44(48)46-24-22-40(31-50(46)52)54(39-20-18-36(19-21-39)43-15-9-11-35-10-3-4-12-42(35)43)41-23-25-47-45-14-6-8-17-49(45)53(51(47)32-41)37-27-33-26-34(29-37)30-38(53)28-33/h3-15,17-25,31-34,37-38,48H,16,26-30H2,1-2H3. The molecule has 1 atom stereocenters. The molecule has 1 spiro atoms. The van der Waals surface area contributed by atoms with Crippen molar-refractivity contribution in [1.29, 1.82) is 0 Å². The quantitative estimate of drug-likeness (QED) is 0.177. The van der Waals surface area contributed by atoms with Crippen LogP contribution >= 0.6 is 0 Å². The summed E-state index contributed by atoms with van der Waals surface area (Å²) >= 11 is 0. The van der Waals surface area contributed by atoms with Gasteiger partial charge in [0.1, 0.15) is 0 Å². The van der Waals surface area contributed by atoms with Crippen LogP contribution in [0.4, 0.5) is 17.1 Å². The molecule has 0 aromatic heterocycles. The van der Waals surface area contributed by atoms with E-state index in [2.05, 4.69) is 164 Å². The third kappa shape index (κ3) is 4.16. The van der Waals surface area contributed by atoms with Gasteiger partial charge in [-0.3, -0.25) is 0 Å². The van der Waals surface area contributed by atoms with Crippen molar-refractivity contribution in [3.63, 3.8) is 0 Å². The summed E-state index contributed by atoms with van der Waals surface area (Å²) in [4.78, 5) is 2.57. The Hall–Kier alpha value is -5.14. The first-order valence-corrected chi connectivity index (χ1v) is 20.6. The van der Waals surface area contributed by atoms with Gasteiger partial charge in [-0.2, -0.15) is 0 Å². The summed E-state index contributed by atoms with van der Waals surface area (Å²) in [6, 6.07) is 49.3. The van der Waals surface area contributed by atoms with Gasteiger partial charge in [0.2, 0.25) is 0 Å². The first-order valence-electron chi connectivity index (χ1n) is 20.6. The normalized spacial score (nSPS) is 27.4. The lowest BCUT2D eigenvalue weighted by Gasteiger charge is -2.61. The van der Waals surface area contributed by atoms with Crippen molar-refractivity contribution in [2.24, 2.45) is 29.6 Å². The summed E-state index contributed by atoms with van der Waals surface area (Å²) in [5.74, 6) is 3.87. The average Bonchev–Trinajstić information content (AvgIpc) is 3.62. The van der Waals surface area contributed by atoms with Crippen molar-refractivity contribution < 1.29 is 0 Å². The topological polar surface area (TPSA) is 3.24 Å². The second-order valence-corrected chi connectivity index (χ2v) is 18.1. The zero-order valence-corrected chi connectivity index (χ0v) is 31.4. The third-order valence-corrected chi connectivity index (χ3v) is 15.3. The summed E-state index contributed by atoms with van der Waals surface area (Å²) in [6.45, 7) is 4.93. The van der Waals surface area contributed by atoms with Crippen LogP contribution in [0.5, 0.6) is 0 Å². The van der Waals surface area contributed by atoms with E-state index in [1.165, 1.54) is 98.9 Å². The molecule has 0 saturated heterocycles. The summed E-state index contributed by atoms with van der Waals surface area (Å²) in [7, 11) is 0. The van der Waals surface area contributed by atoms with Gasteiger partial charge < -0.3 is 4.90 Å². The number of anilines is 3. The van der Waals surface area contributed by atoms with Gasteiger partial charge in [0.05, 0.1) is 0 Å². The number of hydrogen-bond acceptors (Lipinski definition) is 1. The Morgan fingerprint density at radius 3 is 1.96 bits per heavy atom. The fraction of sp³-hybridized carbons (Fsp3) is 0.283. The summed E-state index contributed by atoms with van der Waals surface area (Å²) in [5, 5.41) is 2.58. The third-order valence-electron chi connectivity index (χ3n) is 15.3. The maximum atomic E-state index is 2.65. The highest BCUT2D eigenvalue weighted by molar-refractivity contribution is 5.97. The van der Waals surface area contributed by atoms with Gasteiger partial charge in [0, 0.05) is 22.5 Å². The smallest absolute Gasteiger partial charge is 0.0465 e. The van der Waals surface area contributed by atoms with Crippen molar-refractivity contribution in [2.75, 3.05) is 4.90 Å². The molecule has 0 heterocycles. The molecule has 54 heavy (non-hydrogen) atoms. The fourth-order valence-corrected chi connectivity index (χ4v) is 13.2. The van der Waals surface area contributed by atoms with Gasteiger partial charge in [-0.25, -0.2) is 0 Å². The Bertz CT molecular complexity index is 2550. The molecule has 4 saturated carbocycles. The first kappa shape index (κ1) is 31.2. The Labute approximate surface area is 320 Å². The summed E-state index contributed by atoms with van der Waals surface area (Å²) in [6.07, 6.45) is 15.2. The van der Waals surface area contributed by atoms with E-state index in [-0.39, 0.29) is 10.8 Å². The maximum Gasteiger partial charge on any atom is 0.0465 e. The SMILES string of the molecule is CC1(C)c2cc(N(c3ccc(-c4cccc5ccccc45)cc3)c3ccc4c(c3)C3(c5ccccc5-4)C4CC5CC(C4)CC3C5)ccc2C2=CC=CCC21. The minimum atomic E-state index is 0.0653. The molecule has 6 aromatic rings. The number of fused-ring (bicyclic) bond motifs is 7. The molecule has 0 amide bonds. The van der Waals surface area contributed by atoms with E-state index in [4.69, 9.17) is 0 Å². The van der Waals surface area contributed by atoms with E-state index in [1.54, 1.807) is 11.1 Å². The Kier molecular flexibility index (Phi) is 6.48. The number of benzene rings is 6. The van der Waals surface area contributed by atoms with Crippen LogP contribution in [0.1, 0.15) is 74.6 Å². The molecule has 1 nitrogen and oxygen atoms in total. The van der Waals surface area contributed by atoms with E-state index < -0.39 is 0 Å². The molecule has 7 aliphatic rings. The second-order valence-electron chi connectivity index (χ2n) is 18.1. The maximum absolute atomic E-state index is 2.65. The molecule has 1 heteroatoms. The van der Waals surface area contributed by atoms with Crippen molar-refractivity contribution >= 4 is 33.4 Å². The lowest BCUT2D eigenvalue weighted by Crippen LogP contribution is -2.55. The second kappa shape index (κ2) is 11.2. The molecule has 4 bridgehead atoms. The van der Waals surface area contributed by atoms with E-state index in [1.807, 2.05) is 0 Å². The average molecular weight is 698 g/mol. The number of nitrogens with zero attached hydrogens (tertiary/aromatic N) is 1. The number of rotatable bonds is 4. The fourth-order valence-electron chi connectivity index (χ4n) is 13.2. The van der Waals surface area contributed by atoms with Crippen molar-refractivity contribution in [2.45, 2.75) is 63.2 Å². The minimum Gasteiger partial charge on any atom is -0.310 e. The summed E-state index contributed by atoms with van der Waals surface area (Å²) < 4.78 is 0. The zero-order valence-electron chi connectivity index (χ0n) is 31.4. The molecular formula is C53H47N. The number of hydrogen-bond donors (Lipinski definition) is 0. The molecular weight excluding hydrogens is 651 g/mol. The van der Waals surface area contributed by atoms with Gasteiger partial charge >= 0.3 is 0 Å². The number of allylic oxidation sites excluding steroid dienone is 4. The lowest BCUT2D eigenvalue weighted by molar-refractivity contribution is -0.0399. The van der Waals surface area contributed by atoms with Gasteiger partial charge in [0.25, 0.3) is 0 Å². The minimum absolute atomic E-state index is 0.0653. The molecule has 6 aromatic carbocycles. The Balaban J connectivity index is 1.04. The van der Waals surface area contributed by atoms with E-state index in [9.17, 15) is 0 Å². The molecule has 4 fully saturated rings. The molecule has 264 valence electrons. The monoisotopic (exact) mass is 697 g/mol. The van der Waals surface area contributed by atoms with Crippen LogP contribution in [0, 0.1) is 29.6 Å². The lowest BCUT2D eigenvalue weighted by atomic mass is 9.43. The van der Waals surface area contributed by atoms with E-state index in [0.29, 0.717) is 5.92 Å². The zero-order chi connectivity index (χ0) is 35.8. The van der Waals surface area contributed by atoms with Gasteiger partial charge in [-0.15, -0.1) is 0 Å². The van der Waals surface area contributed by atoms with Gasteiger partial charge in [-0.05, 0) is 171 Å². The van der Waals surface area contributed by atoms with Crippen molar-refractivity contribution in [1.82, 2.24) is 0 Å². The van der Waals surface area contributed by atoms with Crippen LogP contribution in [-0.2, 0) is 10.8 Å². The highest BCUT2D eigenvalue weighted by Crippen LogP contribution is 2.69.